The normalized spacial score (nSPS) is 15.2. The van der Waals surface area contributed by atoms with Gasteiger partial charge < -0.3 is 30.1 Å². The number of para-hydroxylation sites is 1. The summed E-state index contributed by atoms with van der Waals surface area (Å²) >= 11 is 0. The molecule has 4 heterocycles. The van der Waals surface area contributed by atoms with Gasteiger partial charge >= 0.3 is 0 Å². The second-order valence-corrected chi connectivity index (χ2v) is 8.53. The highest BCUT2D eigenvalue weighted by atomic mass is 16.5. The lowest BCUT2D eigenvalue weighted by atomic mass is 10.1. The van der Waals surface area contributed by atoms with Crippen molar-refractivity contribution in [2.24, 2.45) is 0 Å². The third kappa shape index (κ3) is 5.38. The van der Waals surface area contributed by atoms with Crippen LogP contribution in [0.5, 0.6) is 5.88 Å². The predicted molar refractivity (Wildman–Crippen MR) is 145 cm³/mol. The Balaban J connectivity index is 1.44. The van der Waals surface area contributed by atoms with Gasteiger partial charge in [-0.3, -0.25) is 9.78 Å². The van der Waals surface area contributed by atoms with Gasteiger partial charge in [-0.05, 0) is 30.3 Å². The summed E-state index contributed by atoms with van der Waals surface area (Å²) in [5.74, 6) is 1.18. The number of carbonyl (C=O) groups excluding carboxylic acids is 1. The van der Waals surface area contributed by atoms with Gasteiger partial charge in [-0.15, -0.1) is 0 Å². The molecule has 3 aromatic heterocycles. The molecule has 11 nitrogen and oxygen atoms in total. The number of aliphatic hydroxyl groups excluding tert-OH is 1. The van der Waals surface area contributed by atoms with Gasteiger partial charge in [0.1, 0.15) is 11.5 Å². The van der Waals surface area contributed by atoms with Crippen LogP contribution >= 0.6 is 0 Å². The van der Waals surface area contributed by atoms with E-state index in [4.69, 9.17) is 14.5 Å². The van der Waals surface area contributed by atoms with Crippen LogP contribution in [0.25, 0.3) is 22.2 Å². The Morgan fingerprint density at radius 2 is 2.16 bits per heavy atom. The Bertz CT molecular complexity index is 1480. The number of hydrogen-bond acceptors (Lipinski definition) is 10. The summed E-state index contributed by atoms with van der Waals surface area (Å²) in [5.41, 5.74) is 3.33. The standard InChI is InChI=1S/C27H27N7O4/c1-3-24(36)30-18-9-10-28-22(13-18)20-6-4-5-17-14-29-27(33-25(17)20)31-21-7-8-23(32-26(21)37-2)34-11-12-38-19(15-34)16-35/h3-10,13-14,19,35H,1,11-12,15-16H2,2H3,(H,28,30,36)(H,29,31,33)/t19-/m0/s1. The number of pyridine rings is 2. The van der Waals surface area contributed by atoms with Gasteiger partial charge in [0.25, 0.3) is 0 Å². The largest absolute Gasteiger partial charge is 0.479 e. The fraction of sp³-hybridized carbons (Fsp3) is 0.222. The molecule has 1 atom stereocenters. The number of nitrogens with zero attached hydrogens (tertiary/aromatic N) is 5. The Kier molecular flexibility index (Phi) is 7.38. The molecule has 1 fully saturated rings. The number of ether oxygens (including phenoxy) is 2. The Labute approximate surface area is 219 Å². The molecule has 38 heavy (non-hydrogen) atoms. The summed E-state index contributed by atoms with van der Waals surface area (Å²) in [7, 11) is 1.55. The van der Waals surface area contributed by atoms with Crippen LogP contribution < -0.4 is 20.3 Å². The van der Waals surface area contributed by atoms with Crippen molar-refractivity contribution in [2.45, 2.75) is 6.10 Å². The molecule has 1 amide bonds. The van der Waals surface area contributed by atoms with Gasteiger partial charge in [-0.25, -0.2) is 9.97 Å². The maximum atomic E-state index is 11.7. The number of benzene rings is 1. The first kappa shape index (κ1) is 25.1. The van der Waals surface area contributed by atoms with Crippen LogP contribution in [0.4, 0.5) is 23.1 Å². The van der Waals surface area contributed by atoms with E-state index in [2.05, 4.69) is 32.2 Å². The van der Waals surface area contributed by atoms with Crippen LogP contribution in [0, 0.1) is 0 Å². The average Bonchev–Trinajstić information content (AvgIpc) is 2.97. The molecule has 0 bridgehead atoms. The molecule has 1 saturated heterocycles. The lowest BCUT2D eigenvalue weighted by Crippen LogP contribution is -2.44. The molecule has 0 unspecified atom stereocenters. The highest BCUT2D eigenvalue weighted by Crippen LogP contribution is 2.31. The van der Waals surface area contributed by atoms with E-state index in [1.54, 1.807) is 31.6 Å². The topological polar surface area (TPSA) is 135 Å². The van der Waals surface area contributed by atoms with Crippen molar-refractivity contribution in [3.63, 3.8) is 0 Å². The van der Waals surface area contributed by atoms with Crippen LogP contribution in [0.1, 0.15) is 0 Å². The fourth-order valence-electron chi connectivity index (χ4n) is 4.19. The quantitative estimate of drug-likeness (QED) is 0.302. The first-order chi connectivity index (χ1) is 18.6. The first-order valence-electron chi connectivity index (χ1n) is 12.0. The summed E-state index contributed by atoms with van der Waals surface area (Å²) < 4.78 is 11.1. The summed E-state index contributed by atoms with van der Waals surface area (Å²) in [4.78, 5) is 32.1. The summed E-state index contributed by atoms with van der Waals surface area (Å²) in [6.45, 7) is 5.17. The van der Waals surface area contributed by atoms with Gasteiger partial charge in [0.2, 0.25) is 17.7 Å². The molecule has 1 aliphatic rings. The number of morpholine rings is 1. The number of nitrogens with one attached hydrogen (secondary N) is 2. The highest BCUT2D eigenvalue weighted by Gasteiger charge is 2.22. The summed E-state index contributed by atoms with van der Waals surface area (Å²) in [6.07, 6.45) is 4.32. The molecular formula is C27H27N7O4. The Morgan fingerprint density at radius 1 is 1.26 bits per heavy atom. The molecular weight excluding hydrogens is 486 g/mol. The second kappa shape index (κ2) is 11.2. The van der Waals surface area contributed by atoms with Crippen molar-refractivity contribution in [3.8, 4) is 17.1 Å². The Morgan fingerprint density at radius 3 is 2.97 bits per heavy atom. The third-order valence-corrected chi connectivity index (χ3v) is 6.05. The average molecular weight is 514 g/mol. The van der Waals surface area contributed by atoms with Crippen molar-refractivity contribution in [3.05, 3.63) is 67.5 Å². The number of aliphatic hydroxyl groups is 1. The number of aromatic nitrogens is 4. The van der Waals surface area contributed by atoms with Crippen molar-refractivity contribution in [1.29, 1.82) is 0 Å². The van der Waals surface area contributed by atoms with Crippen LogP contribution in [0.2, 0.25) is 0 Å². The van der Waals surface area contributed by atoms with Gasteiger partial charge in [-0.2, -0.15) is 4.98 Å². The van der Waals surface area contributed by atoms with Gasteiger partial charge in [-0.1, -0.05) is 24.8 Å². The number of anilines is 4. The van der Waals surface area contributed by atoms with E-state index >= 15 is 0 Å². The minimum atomic E-state index is -0.302. The van der Waals surface area contributed by atoms with Crippen LogP contribution in [-0.4, -0.2) is 70.5 Å². The van der Waals surface area contributed by atoms with E-state index in [0.717, 1.165) is 16.8 Å². The van der Waals surface area contributed by atoms with E-state index in [-0.39, 0.29) is 18.6 Å². The van der Waals surface area contributed by atoms with Gasteiger partial charge in [0.05, 0.1) is 37.6 Å². The maximum Gasteiger partial charge on any atom is 0.247 e. The van der Waals surface area contributed by atoms with E-state index in [1.807, 2.05) is 35.2 Å². The van der Waals surface area contributed by atoms with Crippen molar-refractivity contribution < 1.29 is 19.4 Å². The molecule has 0 spiro atoms. The van der Waals surface area contributed by atoms with Crippen LogP contribution in [-0.2, 0) is 9.53 Å². The molecule has 5 rings (SSSR count). The lowest BCUT2D eigenvalue weighted by molar-refractivity contribution is -0.111. The molecule has 11 heteroatoms. The van der Waals surface area contributed by atoms with Crippen molar-refractivity contribution in [1.82, 2.24) is 19.9 Å². The molecule has 0 radical (unpaired) electrons. The smallest absolute Gasteiger partial charge is 0.247 e. The zero-order valence-electron chi connectivity index (χ0n) is 20.8. The van der Waals surface area contributed by atoms with E-state index < -0.39 is 0 Å². The number of rotatable bonds is 8. The highest BCUT2D eigenvalue weighted by molar-refractivity contribution is 5.99. The van der Waals surface area contributed by atoms with E-state index in [0.29, 0.717) is 54.1 Å². The molecule has 4 aromatic rings. The number of amides is 1. The van der Waals surface area contributed by atoms with Crippen molar-refractivity contribution >= 4 is 40.0 Å². The minimum Gasteiger partial charge on any atom is -0.479 e. The van der Waals surface area contributed by atoms with Crippen molar-refractivity contribution in [2.75, 3.05) is 48.9 Å². The monoisotopic (exact) mass is 513 g/mol. The molecule has 0 saturated carbocycles. The third-order valence-electron chi connectivity index (χ3n) is 6.05. The molecule has 1 aromatic carbocycles. The SMILES string of the molecule is C=CC(=O)Nc1ccnc(-c2cccc3cnc(Nc4ccc(N5CCO[C@H](CO)C5)nc4OC)nc23)c1. The summed E-state index contributed by atoms with van der Waals surface area (Å²) in [6, 6.07) is 13.0. The van der Waals surface area contributed by atoms with Gasteiger partial charge in [0.15, 0.2) is 0 Å². The molecule has 194 valence electrons. The molecule has 0 aliphatic carbocycles. The van der Waals surface area contributed by atoms with E-state index in [9.17, 15) is 9.90 Å². The zero-order chi connectivity index (χ0) is 26.5. The lowest BCUT2D eigenvalue weighted by Gasteiger charge is -2.33. The second-order valence-electron chi connectivity index (χ2n) is 8.53. The summed E-state index contributed by atoms with van der Waals surface area (Å²) in [5, 5.41) is 16.2. The number of methoxy groups -OCH3 is 1. The maximum absolute atomic E-state index is 11.7. The predicted octanol–water partition coefficient (Wildman–Crippen LogP) is 3.16. The minimum absolute atomic E-state index is 0.0438. The Hall–Kier alpha value is -4.61. The first-order valence-corrected chi connectivity index (χ1v) is 12.0. The number of fused-ring (bicyclic) bond motifs is 1. The van der Waals surface area contributed by atoms with Crippen LogP contribution in [0.3, 0.4) is 0 Å². The number of carbonyl (C=O) groups is 1. The zero-order valence-corrected chi connectivity index (χ0v) is 20.8. The fourth-order valence-corrected chi connectivity index (χ4v) is 4.19. The van der Waals surface area contributed by atoms with E-state index in [1.165, 1.54) is 6.08 Å². The number of hydrogen-bond donors (Lipinski definition) is 3. The van der Waals surface area contributed by atoms with Crippen LogP contribution in [0.15, 0.2) is 67.5 Å². The van der Waals surface area contributed by atoms with Gasteiger partial charge in [0, 0.05) is 42.1 Å². The molecule has 3 N–H and O–H groups in total. The molecule has 1 aliphatic heterocycles.